The van der Waals surface area contributed by atoms with Crippen LogP contribution in [0, 0.1) is 0 Å². The second-order valence-electron chi connectivity index (χ2n) is 4.55. The molecule has 0 unspecified atom stereocenters. The Kier molecular flexibility index (Phi) is 3.50. The maximum atomic E-state index is 13.0. The monoisotopic (exact) mass is 269 g/mol. The molecule has 0 spiro atoms. The Morgan fingerprint density at radius 1 is 1.37 bits per heavy atom. The molecule has 0 aliphatic carbocycles. The van der Waals surface area contributed by atoms with Crippen LogP contribution in [0.3, 0.4) is 0 Å². The number of carboxylic acid groups (broad SMARTS) is 1. The van der Waals surface area contributed by atoms with E-state index in [9.17, 15) is 18.4 Å². The van der Waals surface area contributed by atoms with E-state index < -0.39 is 18.3 Å². The van der Waals surface area contributed by atoms with Gasteiger partial charge in [-0.1, -0.05) is 12.1 Å². The standard InChI is InChI=1S/C13H13F2NO3/c14-13(15,12(18)19)6-5-8-1-3-10-9(7-8)2-4-11(17)16-10/h1,3,7H,2,4-6H2,(H,16,17)(H,18,19). The van der Waals surface area contributed by atoms with Gasteiger partial charge in [0.1, 0.15) is 0 Å². The van der Waals surface area contributed by atoms with E-state index in [1.54, 1.807) is 18.2 Å². The second kappa shape index (κ2) is 4.95. The van der Waals surface area contributed by atoms with Crippen molar-refractivity contribution in [2.75, 3.05) is 5.32 Å². The number of hydrogen-bond donors (Lipinski definition) is 2. The molecule has 2 N–H and O–H groups in total. The number of benzene rings is 1. The van der Waals surface area contributed by atoms with Gasteiger partial charge in [0.05, 0.1) is 0 Å². The third-order valence-electron chi connectivity index (χ3n) is 3.11. The van der Waals surface area contributed by atoms with Crippen LogP contribution in [-0.4, -0.2) is 22.9 Å². The highest BCUT2D eigenvalue weighted by Crippen LogP contribution is 2.26. The first-order chi connectivity index (χ1) is 8.88. The summed E-state index contributed by atoms with van der Waals surface area (Å²) in [6.45, 7) is 0. The maximum absolute atomic E-state index is 13.0. The number of carbonyl (C=O) groups is 2. The zero-order chi connectivity index (χ0) is 14.0. The molecule has 102 valence electrons. The fourth-order valence-corrected chi connectivity index (χ4v) is 2.00. The van der Waals surface area contributed by atoms with Crippen molar-refractivity contribution in [3.63, 3.8) is 0 Å². The van der Waals surface area contributed by atoms with Crippen LogP contribution in [0.4, 0.5) is 14.5 Å². The van der Waals surface area contributed by atoms with E-state index in [1.165, 1.54) is 0 Å². The number of carboxylic acids is 1. The van der Waals surface area contributed by atoms with Crippen LogP contribution in [0.25, 0.3) is 0 Å². The first kappa shape index (κ1) is 13.5. The average Bonchev–Trinajstić information content (AvgIpc) is 2.36. The Balaban J connectivity index is 2.07. The first-order valence-electron chi connectivity index (χ1n) is 5.91. The zero-order valence-corrected chi connectivity index (χ0v) is 10.1. The van der Waals surface area contributed by atoms with Crippen LogP contribution in [-0.2, 0) is 22.4 Å². The van der Waals surface area contributed by atoms with Crippen LogP contribution >= 0.6 is 0 Å². The highest BCUT2D eigenvalue weighted by atomic mass is 19.3. The van der Waals surface area contributed by atoms with Gasteiger partial charge in [-0.2, -0.15) is 8.78 Å². The number of nitrogens with one attached hydrogen (secondary N) is 1. The van der Waals surface area contributed by atoms with Gasteiger partial charge in [-0.25, -0.2) is 4.79 Å². The molecule has 1 aliphatic rings. The molecule has 1 amide bonds. The van der Waals surface area contributed by atoms with Gasteiger partial charge in [0.15, 0.2) is 0 Å². The minimum absolute atomic E-state index is 0.0134. The quantitative estimate of drug-likeness (QED) is 0.880. The van der Waals surface area contributed by atoms with Gasteiger partial charge in [-0.05, 0) is 30.0 Å². The molecule has 2 rings (SSSR count). The summed E-state index contributed by atoms with van der Waals surface area (Å²) in [5.41, 5.74) is 2.25. The topological polar surface area (TPSA) is 66.4 Å². The van der Waals surface area contributed by atoms with Crippen LogP contribution in [0.15, 0.2) is 18.2 Å². The molecule has 0 fully saturated rings. The summed E-state index contributed by atoms with van der Waals surface area (Å²) in [5.74, 6) is -5.86. The number of carbonyl (C=O) groups excluding carboxylic acids is 1. The molecule has 0 aromatic heterocycles. The highest BCUT2D eigenvalue weighted by Gasteiger charge is 2.37. The SMILES string of the molecule is O=C1CCc2cc(CCC(F)(F)C(=O)O)ccc2N1. The van der Waals surface area contributed by atoms with E-state index >= 15 is 0 Å². The summed E-state index contributed by atoms with van der Waals surface area (Å²) in [6.07, 6.45) is 0.208. The molecule has 4 nitrogen and oxygen atoms in total. The molecule has 1 aromatic carbocycles. The minimum Gasteiger partial charge on any atom is -0.477 e. The lowest BCUT2D eigenvalue weighted by molar-refractivity contribution is -0.165. The van der Waals surface area contributed by atoms with Crippen molar-refractivity contribution >= 4 is 17.6 Å². The molecule has 0 saturated heterocycles. The van der Waals surface area contributed by atoms with E-state index in [4.69, 9.17) is 5.11 Å². The fraction of sp³-hybridized carbons (Fsp3) is 0.385. The van der Waals surface area contributed by atoms with Crippen LogP contribution in [0.1, 0.15) is 24.0 Å². The molecule has 1 aromatic rings. The number of fused-ring (bicyclic) bond motifs is 1. The fourth-order valence-electron chi connectivity index (χ4n) is 2.00. The lowest BCUT2D eigenvalue weighted by Gasteiger charge is -2.18. The van der Waals surface area contributed by atoms with Gasteiger partial charge in [0.2, 0.25) is 5.91 Å². The summed E-state index contributed by atoms with van der Waals surface area (Å²) in [7, 11) is 0. The third kappa shape index (κ3) is 3.07. The van der Waals surface area contributed by atoms with E-state index in [0.717, 1.165) is 5.56 Å². The van der Waals surface area contributed by atoms with Crippen molar-refractivity contribution in [2.24, 2.45) is 0 Å². The Bertz CT molecular complexity index is 529. The number of halogens is 2. The lowest BCUT2D eigenvalue weighted by atomic mass is 9.97. The van der Waals surface area contributed by atoms with Gasteiger partial charge < -0.3 is 10.4 Å². The Morgan fingerprint density at radius 2 is 2.11 bits per heavy atom. The molecular weight excluding hydrogens is 256 g/mol. The predicted molar refractivity (Wildman–Crippen MR) is 64.3 cm³/mol. The number of alkyl halides is 2. The second-order valence-corrected chi connectivity index (χ2v) is 4.55. The highest BCUT2D eigenvalue weighted by molar-refractivity contribution is 5.93. The van der Waals surface area contributed by atoms with E-state index in [1.807, 2.05) is 0 Å². The Morgan fingerprint density at radius 3 is 2.79 bits per heavy atom. The minimum atomic E-state index is -3.70. The van der Waals surface area contributed by atoms with Crippen molar-refractivity contribution in [3.05, 3.63) is 29.3 Å². The molecule has 1 heterocycles. The first-order valence-corrected chi connectivity index (χ1v) is 5.91. The number of rotatable bonds is 4. The molecule has 0 saturated carbocycles. The van der Waals surface area contributed by atoms with Crippen LogP contribution < -0.4 is 5.32 Å². The molecule has 6 heteroatoms. The average molecular weight is 269 g/mol. The van der Waals surface area contributed by atoms with Crippen LogP contribution in [0.2, 0.25) is 0 Å². The number of amides is 1. The number of aliphatic carboxylic acids is 1. The summed E-state index contributed by atoms with van der Waals surface area (Å²) < 4.78 is 25.9. The molecule has 1 aliphatic heterocycles. The number of hydrogen-bond acceptors (Lipinski definition) is 2. The summed E-state index contributed by atoms with van der Waals surface area (Å²) in [5, 5.41) is 11.0. The Labute approximate surface area is 108 Å². The third-order valence-corrected chi connectivity index (χ3v) is 3.11. The summed E-state index contributed by atoms with van der Waals surface area (Å²) in [4.78, 5) is 21.5. The Hall–Kier alpha value is -1.98. The zero-order valence-electron chi connectivity index (χ0n) is 10.1. The van der Waals surface area contributed by atoms with Crippen molar-refractivity contribution in [2.45, 2.75) is 31.6 Å². The van der Waals surface area contributed by atoms with Gasteiger partial charge in [-0.15, -0.1) is 0 Å². The molecule has 19 heavy (non-hydrogen) atoms. The smallest absolute Gasteiger partial charge is 0.374 e. The van der Waals surface area contributed by atoms with Crippen molar-refractivity contribution < 1.29 is 23.5 Å². The number of anilines is 1. The lowest BCUT2D eigenvalue weighted by Crippen LogP contribution is -2.28. The summed E-state index contributed by atoms with van der Waals surface area (Å²) >= 11 is 0. The van der Waals surface area contributed by atoms with Gasteiger partial charge in [0.25, 0.3) is 0 Å². The predicted octanol–water partition coefficient (Wildman–Crippen LogP) is 2.22. The van der Waals surface area contributed by atoms with E-state index in [0.29, 0.717) is 24.1 Å². The van der Waals surface area contributed by atoms with Gasteiger partial charge >= 0.3 is 11.9 Å². The molecule has 0 atom stereocenters. The van der Waals surface area contributed by atoms with Crippen molar-refractivity contribution in [1.82, 2.24) is 0 Å². The molecule has 0 bridgehead atoms. The molecular formula is C13H13F2NO3. The maximum Gasteiger partial charge on any atom is 0.374 e. The van der Waals surface area contributed by atoms with E-state index in [2.05, 4.69) is 5.32 Å². The van der Waals surface area contributed by atoms with Gasteiger partial charge in [0, 0.05) is 18.5 Å². The van der Waals surface area contributed by atoms with Crippen LogP contribution in [0.5, 0.6) is 0 Å². The largest absolute Gasteiger partial charge is 0.477 e. The van der Waals surface area contributed by atoms with Crippen molar-refractivity contribution in [3.8, 4) is 0 Å². The van der Waals surface area contributed by atoms with E-state index in [-0.39, 0.29) is 12.3 Å². The van der Waals surface area contributed by atoms with Gasteiger partial charge in [-0.3, -0.25) is 4.79 Å². The molecule has 0 radical (unpaired) electrons. The number of aryl methyl sites for hydroxylation is 2. The summed E-state index contributed by atoms with van der Waals surface area (Å²) in [6, 6.07) is 5.04. The normalized spacial score (nSPS) is 14.7. The van der Waals surface area contributed by atoms with Crippen molar-refractivity contribution in [1.29, 1.82) is 0 Å².